The van der Waals surface area contributed by atoms with Gasteiger partial charge in [0.2, 0.25) is 5.91 Å². The SMILES string of the molecule is CC(NC1CCN(C(=O)C(C)(C)C)CC1)c1nccs1. The van der Waals surface area contributed by atoms with Crippen molar-refractivity contribution < 1.29 is 4.79 Å². The molecular formula is C15H25N3OS. The van der Waals surface area contributed by atoms with Crippen molar-refractivity contribution >= 4 is 17.2 Å². The lowest BCUT2D eigenvalue weighted by Gasteiger charge is -2.36. The summed E-state index contributed by atoms with van der Waals surface area (Å²) in [6, 6.07) is 0.780. The van der Waals surface area contributed by atoms with E-state index in [1.165, 1.54) is 0 Å². The zero-order valence-corrected chi connectivity index (χ0v) is 13.7. The Labute approximate surface area is 125 Å². The molecule has 112 valence electrons. The van der Waals surface area contributed by atoms with E-state index < -0.39 is 0 Å². The molecule has 4 nitrogen and oxygen atoms in total. The number of thiazole rings is 1. The lowest BCUT2D eigenvalue weighted by molar-refractivity contribution is -0.140. The molecule has 2 heterocycles. The van der Waals surface area contributed by atoms with E-state index in [0.717, 1.165) is 30.9 Å². The van der Waals surface area contributed by atoms with Crippen LogP contribution in [0, 0.1) is 5.41 Å². The maximum absolute atomic E-state index is 12.2. The molecule has 0 saturated carbocycles. The molecule has 1 fully saturated rings. The first-order valence-electron chi connectivity index (χ1n) is 7.33. The largest absolute Gasteiger partial charge is 0.342 e. The van der Waals surface area contributed by atoms with Crippen LogP contribution in [-0.4, -0.2) is 34.9 Å². The Kier molecular flexibility index (Phi) is 4.81. The minimum Gasteiger partial charge on any atom is -0.342 e. The molecule has 0 radical (unpaired) electrons. The summed E-state index contributed by atoms with van der Waals surface area (Å²) < 4.78 is 0. The maximum atomic E-state index is 12.2. The van der Waals surface area contributed by atoms with Gasteiger partial charge in [0.05, 0.1) is 6.04 Å². The Bertz CT molecular complexity index is 430. The summed E-state index contributed by atoms with van der Waals surface area (Å²) in [6.07, 6.45) is 3.90. The van der Waals surface area contributed by atoms with Crippen molar-refractivity contribution in [2.75, 3.05) is 13.1 Å². The van der Waals surface area contributed by atoms with E-state index in [1.807, 2.05) is 37.2 Å². The third-order valence-corrected chi connectivity index (χ3v) is 4.69. The van der Waals surface area contributed by atoms with Crippen molar-refractivity contribution in [3.8, 4) is 0 Å². The fraction of sp³-hybridized carbons (Fsp3) is 0.733. The van der Waals surface area contributed by atoms with E-state index in [-0.39, 0.29) is 11.3 Å². The zero-order valence-electron chi connectivity index (χ0n) is 12.8. The summed E-state index contributed by atoms with van der Waals surface area (Å²) in [5.41, 5.74) is -0.269. The first-order chi connectivity index (χ1) is 9.38. The normalized spacial score (nSPS) is 19.1. The van der Waals surface area contributed by atoms with Crippen molar-refractivity contribution in [2.45, 2.75) is 52.6 Å². The van der Waals surface area contributed by atoms with Gasteiger partial charge in [-0.1, -0.05) is 20.8 Å². The van der Waals surface area contributed by atoms with Gasteiger partial charge in [0.1, 0.15) is 5.01 Å². The lowest BCUT2D eigenvalue weighted by atomic mass is 9.93. The van der Waals surface area contributed by atoms with Crippen molar-refractivity contribution in [2.24, 2.45) is 5.41 Å². The standard InChI is InChI=1S/C15H25N3OS/c1-11(13-16-7-10-20-13)17-12-5-8-18(9-6-12)14(19)15(2,3)4/h7,10-12,17H,5-6,8-9H2,1-4H3. The van der Waals surface area contributed by atoms with Gasteiger partial charge in [0, 0.05) is 36.1 Å². The average Bonchev–Trinajstić information content (AvgIpc) is 2.91. The van der Waals surface area contributed by atoms with Crippen molar-refractivity contribution in [1.82, 2.24) is 15.2 Å². The lowest BCUT2D eigenvalue weighted by Crippen LogP contribution is -2.48. The highest BCUT2D eigenvalue weighted by molar-refractivity contribution is 7.09. The van der Waals surface area contributed by atoms with Crippen LogP contribution in [0.3, 0.4) is 0 Å². The molecule has 1 amide bonds. The predicted octanol–water partition coefficient (Wildman–Crippen LogP) is 2.83. The number of carbonyl (C=O) groups is 1. The van der Waals surface area contributed by atoms with Crippen molar-refractivity contribution in [1.29, 1.82) is 0 Å². The highest BCUT2D eigenvalue weighted by Gasteiger charge is 2.30. The third-order valence-electron chi connectivity index (χ3n) is 3.73. The summed E-state index contributed by atoms with van der Waals surface area (Å²) in [4.78, 5) is 18.6. The Morgan fingerprint density at radius 2 is 2.10 bits per heavy atom. The number of nitrogens with zero attached hydrogens (tertiary/aromatic N) is 2. The number of piperidine rings is 1. The van der Waals surface area contributed by atoms with Crippen LogP contribution in [0.2, 0.25) is 0 Å². The molecule has 2 rings (SSSR count). The van der Waals surface area contributed by atoms with E-state index in [1.54, 1.807) is 11.3 Å². The molecular weight excluding hydrogens is 270 g/mol. The number of hydrogen-bond donors (Lipinski definition) is 1. The van der Waals surface area contributed by atoms with Gasteiger partial charge in [-0.25, -0.2) is 4.98 Å². The Hall–Kier alpha value is -0.940. The van der Waals surface area contributed by atoms with Gasteiger partial charge < -0.3 is 10.2 Å². The number of rotatable bonds is 3. The fourth-order valence-corrected chi connectivity index (χ4v) is 3.25. The Balaban J connectivity index is 1.81. The molecule has 1 aromatic rings. The molecule has 1 aliphatic heterocycles. The van der Waals surface area contributed by atoms with Gasteiger partial charge in [-0.2, -0.15) is 0 Å². The molecule has 0 spiro atoms. The highest BCUT2D eigenvalue weighted by atomic mass is 32.1. The van der Waals surface area contributed by atoms with E-state index >= 15 is 0 Å². The monoisotopic (exact) mass is 295 g/mol. The molecule has 1 aliphatic rings. The Morgan fingerprint density at radius 3 is 2.60 bits per heavy atom. The number of amides is 1. The second-order valence-corrected chi connectivity index (χ2v) is 7.50. The van der Waals surface area contributed by atoms with Gasteiger partial charge >= 0.3 is 0 Å². The molecule has 1 atom stereocenters. The van der Waals surface area contributed by atoms with Crippen LogP contribution in [0.25, 0.3) is 0 Å². The molecule has 0 bridgehead atoms. The molecule has 1 aromatic heterocycles. The summed E-state index contributed by atoms with van der Waals surface area (Å²) in [7, 11) is 0. The van der Waals surface area contributed by atoms with Gasteiger partial charge in [0.15, 0.2) is 0 Å². The zero-order chi connectivity index (χ0) is 14.8. The quantitative estimate of drug-likeness (QED) is 0.932. The minimum atomic E-state index is -0.269. The number of nitrogens with one attached hydrogen (secondary N) is 1. The van der Waals surface area contributed by atoms with Gasteiger partial charge in [-0.15, -0.1) is 11.3 Å². The molecule has 5 heteroatoms. The number of hydrogen-bond acceptors (Lipinski definition) is 4. The molecule has 0 aromatic carbocycles. The van der Waals surface area contributed by atoms with E-state index in [2.05, 4.69) is 17.2 Å². The predicted molar refractivity (Wildman–Crippen MR) is 82.7 cm³/mol. The minimum absolute atomic E-state index is 0.268. The van der Waals surface area contributed by atoms with Crippen LogP contribution in [0.5, 0.6) is 0 Å². The van der Waals surface area contributed by atoms with Crippen molar-refractivity contribution in [3.05, 3.63) is 16.6 Å². The molecule has 20 heavy (non-hydrogen) atoms. The number of likely N-dealkylation sites (tertiary alicyclic amines) is 1. The van der Waals surface area contributed by atoms with Crippen LogP contribution < -0.4 is 5.32 Å². The molecule has 0 aliphatic carbocycles. The fourth-order valence-electron chi connectivity index (χ4n) is 2.60. The van der Waals surface area contributed by atoms with Crippen LogP contribution >= 0.6 is 11.3 Å². The maximum Gasteiger partial charge on any atom is 0.227 e. The number of carbonyl (C=O) groups excluding carboxylic acids is 1. The summed E-state index contributed by atoms with van der Waals surface area (Å²) >= 11 is 1.69. The first-order valence-corrected chi connectivity index (χ1v) is 8.20. The molecule has 1 N–H and O–H groups in total. The topological polar surface area (TPSA) is 45.2 Å². The van der Waals surface area contributed by atoms with E-state index in [9.17, 15) is 4.79 Å². The van der Waals surface area contributed by atoms with Crippen LogP contribution in [-0.2, 0) is 4.79 Å². The average molecular weight is 295 g/mol. The molecule has 1 unspecified atom stereocenters. The summed E-state index contributed by atoms with van der Waals surface area (Å²) in [6.45, 7) is 9.85. The number of aromatic nitrogens is 1. The smallest absolute Gasteiger partial charge is 0.227 e. The Morgan fingerprint density at radius 1 is 1.45 bits per heavy atom. The first kappa shape index (κ1) is 15.4. The highest BCUT2D eigenvalue weighted by Crippen LogP contribution is 2.23. The summed E-state index contributed by atoms with van der Waals surface area (Å²) in [5, 5.41) is 6.78. The van der Waals surface area contributed by atoms with Gasteiger partial charge in [0.25, 0.3) is 0 Å². The van der Waals surface area contributed by atoms with Crippen LogP contribution in [0.4, 0.5) is 0 Å². The van der Waals surface area contributed by atoms with Crippen LogP contribution in [0.15, 0.2) is 11.6 Å². The molecule has 1 saturated heterocycles. The second kappa shape index (κ2) is 6.22. The van der Waals surface area contributed by atoms with Gasteiger partial charge in [-0.3, -0.25) is 4.79 Å². The van der Waals surface area contributed by atoms with Crippen molar-refractivity contribution in [3.63, 3.8) is 0 Å². The van der Waals surface area contributed by atoms with Crippen LogP contribution in [0.1, 0.15) is 51.6 Å². The van der Waals surface area contributed by atoms with E-state index in [0.29, 0.717) is 12.1 Å². The third kappa shape index (κ3) is 3.79. The summed E-state index contributed by atoms with van der Waals surface area (Å²) in [5.74, 6) is 0.268. The van der Waals surface area contributed by atoms with E-state index in [4.69, 9.17) is 0 Å². The second-order valence-electron chi connectivity index (χ2n) is 6.58. The van der Waals surface area contributed by atoms with Gasteiger partial charge in [-0.05, 0) is 19.8 Å².